The van der Waals surface area contributed by atoms with Crippen LogP contribution in [0.1, 0.15) is 22.3 Å². The normalized spacial score (nSPS) is 14.0. The molecule has 0 fully saturated rings. The van der Waals surface area contributed by atoms with E-state index in [1.807, 2.05) is 0 Å². The fourth-order valence-electron chi connectivity index (χ4n) is 10.4. The van der Waals surface area contributed by atoms with Gasteiger partial charge in [-0.3, -0.25) is 0 Å². The van der Waals surface area contributed by atoms with Gasteiger partial charge in [0.15, 0.2) is 0 Å². The fraction of sp³-hybridized carbons (Fsp3) is 0.0164. The van der Waals surface area contributed by atoms with E-state index in [4.69, 9.17) is 0 Å². The molecule has 1 aliphatic carbocycles. The molecule has 0 bridgehead atoms. The molecule has 3 heteroatoms. The minimum absolute atomic E-state index is 0.720. The predicted molar refractivity (Wildman–Crippen MR) is 267 cm³/mol. The van der Waals surface area contributed by atoms with Crippen LogP contribution in [0.2, 0.25) is 0 Å². The van der Waals surface area contributed by atoms with Crippen LogP contribution in [-0.2, 0) is 5.41 Å². The molecular weight excluding hydrogens is 775 g/mol. The fourth-order valence-corrected chi connectivity index (χ4v) is 10.4. The van der Waals surface area contributed by atoms with Crippen molar-refractivity contribution in [1.82, 2.24) is 4.57 Å². The Morgan fingerprint density at radius 2 is 0.766 bits per heavy atom. The van der Waals surface area contributed by atoms with Gasteiger partial charge in [-0.25, -0.2) is 0 Å². The van der Waals surface area contributed by atoms with E-state index in [-0.39, 0.29) is 0 Å². The zero-order chi connectivity index (χ0) is 42.5. The highest BCUT2D eigenvalue weighted by Crippen LogP contribution is 2.60. The maximum Gasteiger partial charge on any atom is 0.0715 e. The Labute approximate surface area is 374 Å². The Morgan fingerprint density at radius 3 is 1.31 bits per heavy atom. The molecule has 302 valence electrons. The van der Waals surface area contributed by atoms with Crippen molar-refractivity contribution >= 4 is 55.9 Å². The largest absolute Gasteiger partial charge is 0.310 e. The van der Waals surface area contributed by atoms with Crippen molar-refractivity contribution in [2.24, 2.45) is 0 Å². The maximum absolute atomic E-state index is 2.49. The van der Waals surface area contributed by atoms with Crippen LogP contribution in [0, 0.1) is 0 Å². The third-order valence-corrected chi connectivity index (χ3v) is 13.0. The second kappa shape index (κ2) is 15.5. The molecule has 0 N–H and O–H groups in total. The Hall–Kier alpha value is -8.40. The molecule has 0 spiro atoms. The summed E-state index contributed by atoms with van der Waals surface area (Å²) in [7, 11) is 0. The van der Waals surface area contributed by atoms with Crippen molar-refractivity contribution in [3.63, 3.8) is 0 Å². The summed E-state index contributed by atoms with van der Waals surface area (Å²) in [5.41, 5.74) is 16.7. The molecule has 11 aromatic rings. The maximum atomic E-state index is 2.49. The highest BCUT2D eigenvalue weighted by molar-refractivity contribution is 6.16. The van der Waals surface area contributed by atoms with Crippen LogP contribution in [0.4, 0.5) is 34.1 Å². The number of aromatic nitrogens is 1. The minimum atomic E-state index is -0.720. The Morgan fingerprint density at radius 1 is 0.312 bits per heavy atom. The lowest BCUT2D eigenvalue weighted by atomic mass is 9.67. The van der Waals surface area contributed by atoms with Gasteiger partial charge in [0.25, 0.3) is 0 Å². The smallest absolute Gasteiger partial charge is 0.0715 e. The third-order valence-electron chi connectivity index (χ3n) is 13.0. The van der Waals surface area contributed by atoms with Gasteiger partial charge in [-0.2, -0.15) is 0 Å². The van der Waals surface area contributed by atoms with E-state index < -0.39 is 5.41 Å². The molecule has 0 amide bonds. The van der Waals surface area contributed by atoms with Gasteiger partial charge in [-0.05, 0) is 113 Å². The van der Waals surface area contributed by atoms with Crippen LogP contribution in [0.25, 0.3) is 38.6 Å². The van der Waals surface area contributed by atoms with Crippen molar-refractivity contribution in [1.29, 1.82) is 0 Å². The lowest BCUT2D eigenvalue weighted by Crippen LogP contribution is -2.29. The number of anilines is 6. The van der Waals surface area contributed by atoms with E-state index in [0.717, 1.165) is 39.8 Å². The van der Waals surface area contributed by atoms with Crippen LogP contribution in [0.15, 0.2) is 261 Å². The minimum Gasteiger partial charge on any atom is -0.310 e. The molecule has 0 radical (unpaired) electrons. The van der Waals surface area contributed by atoms with Gasteiger partial charge in [0.2, 0.25) is 0 Å². The zero-order valence-electron chi connectivity index (χ0n) is 35.2. The summed E-state index contributed by atoms with van der Waals surface area (Å²) in [6.45, 7) is 0. The number of para-hydroxylation sites is 6. The molecule has 0 saturated heterocycles. The SMILES string of the molecule is c1ccc(N(c2ccccc2)c2cc(N(c3ccccc3)c3ccccc3)cc(C3(c4ccccc4)c4ccccc4-c4c3ccc3c5ccccc5n(-c5ccccc5)c43)c2)cc1. The first-order valence-electron chi connectivity index (χ1n) is 22.0. The molecule has 1 aromatic heterocycles. The standard InChI is InChI=1S/C61H43N3/c1-7-23-44(24-8-1)61(56-37-21-19-36-55(56)59-57(61)40-39-54-53-35-20-22-38-58(53)64(60(54)59)50-33-17-6-18-34-50)45-41-51(62(46-25-9-2-10-26-46)47-27-11-3-12-28-47)43-52(42-45)63(48-29-13-4-14-30-48)49-31-15-5-16-32-49/h1-43H. The van der Waals surface area contributed by atoms with E-state index in [2.05, 4.69) is 275 Å². The van der Waals surface area contributed by atoms with Crippen LogP contribution < -0.4 is 9.80 Å². The van der Waals surface area contributed by atoms with E-state index in [9.17, 15) is 0 Å². The molecule has 1 unspecified atom stereocenters. The highest BCUT2D eigenvalue weighted by atomic mass is 15.2. The van der Waals surface area contributed by atoms with Gasteiger partial charge in [0.05, 0.1) is 16.4 Å². The third kappa shape index (κ3) is 5.90. The second-order valence-electron chi connectivity index (χ2n) is 16.5. The van der Waals surface area contributed by atoms with E-state index in [0.29, 0.717) is 0 Å². The Bertz CT molecular complexity index is 3240. The number of hydrogen-bond donors (Lipinski definition) is 0. The van der Waals surface area contributed by atoms with E-state index in [1.54, 1.807) is 0 Å². The van der Waals surface area contributed by atoms with Gasteiger partial charge in [0.1, 0.15) is 0 Å². The van der Waals surface area contributed by atoms with Crippen molar-refractivity contribution in [3.05, 3.63) is 283 Å². The van der Waals surface area contributed by atoms with E-state index in [1.165, 1.54) is 55.2 Å². The quantitative estimate of drug-likeness (QED) is 0.144. The number of fused-ring (bicyclic) bond motifs is 7. The van der Waals surface area contributed by atoms with E-state index >= 15 is 0 Å². The lowest BCUT2D eigenvalue weighted by molar-refractivity contribution is 0.769. The number of hydrogen-bond acceptors (Lipinski definition) is 2. The molecule has 10 aromatic carbocycles. The van der Waals surface area contributed by atoms with Crippen LogP contribution in [-0.4, -0.2) is 4.57 Å². The summed E-state index contributed by atoms with van der Waals surface area (Å²) < 4.78 is 2.49. The zero-order valence-corrected chi connectivity index (χ0v) is 35.2. The van der Waals surface area contributed by atoms with Gasteiger partial charge >= 0.3 is 0 Å². The van der Waals surface area contributed by atoms with Crippen LogP contribution in [0.3, 0.4) is 0 Å². The van der Waals surface area contributed by atoms with Crippen molar-refractivity contribution in [2.45, 2.75) is 5.41 Å². The summed E-state index contributed by atoms with van der Waals surface area (Å²) in [4.78, 5) is 4.80. The number of nitrogens with zero attached hydrogens (tertiary/aromatic N) is 3. The first-order chi connectivity index (χ1) is 31.8. The van der Waals surface area contributed by atoms with Gasteiger partial charge < -0.3 is 14.4 Å². The molecule has 1 heterocycles. The summed E-state index contributed by atoms with van der Waals surface area (Å²) in [6, 6.07) is 95.1. The van der Waals surface area contributed by atoms with Gasteiger partial charge in [0, 0.05) is 56.1 Å². The average Bonchev–Trinajstić information content (AvgIpc) is 3.87. The predicted octanol–water partition coefficient (Wildman–Crippen LogP) is 16.1. The molecule has 12 rings (SSSR count). The lowest BCUT2D eigenvalue weighted by Gasteiger charge is -2.37. The van der Waals surface area contributed by atoms with Crippen molar-refractivity contribution in [2.75, 3.05) is 9.80 Å². The molecule has 64 heavy (non-hydrogen) atoms. The summed E-state index contributed by atoms with van der Waals surface area (Å²) in [5, 5.41) is 2.48. The van der Waals surface area contributed by atoms with Gasteiger partial charge in [-0.1, -0.05) is 176 Å². The van der Waals surface area contributed by atoms with Crippen LogP contribution >= 0.6 is 0 Å². The number of benzene rings is 10. The summed E-state index contributed by atoms with van der Waals surface area (Å²) >= 11 is 0. The molecule has 0 aliphatic heterocycles. The first-order valence-corrected chi connectivity index (χ1v) is 22.0. The highest BCUT2D eigenvalue weighted by Gasteiger charge is 2.48. The molecule has 1 aliphatic rings. The van der Waals surface area contributed by atoms with Crippen molar-refractivity contribution < 1.29 is 0 Å². The van der Waals surface area contributed by atoms with Crippen LogP contribution in [0.5, 0.6) is 0 Å². The average molecular weight is 818 g/mol. The summed E-state index contributed by atoms with van der Waals surface area (Å²) in [6.07, 6.45) is 0. The monoisotopic (exact) mass is 817 g/mol. The first kappa shape index (κ1) is 37.4. The Balaban J connectivity index is 1.25. The topological polar surface area (TPSA) is 11.4 Å². The molecule has 3 nitrogen and oxygen atoms in total. The number of rotatable bonds is 9. The molecular formula is C61H43N3. The summed E-state index contributed by atoms with van der Waals surface area (Å²) in [5.74, 6) is 0. The van der Waals surface area contributed by atoms with Crippen molar-refractivity contribution in [3.8, 4) is 16.8 Å². The second-order valence-corrected chi connectivity index (χ2v) is 16.5. The molecule has 0 saturated carbocycles. The molecule has 1 atom stereocenters. The Kier molecular flexibility index (Phi) is 9.05. The van der Waals surface area contributed by atoms with Gasteiger partial charge in [-0.15, -0.1) is 0 Å².